The summed E-state index contributed by atoms with van der Waals surface area (Å²) < 4.78 is 10.1. The molecule has 0 radical (unpaired) electrons. The normalized spacial score (nSPS) is 10.3. The van der Waals surface area contributed by atoms with Gasteiger partial charge in [0.2, 0.25) is 0 Å². The Hall–Kier alpha value is -1.23. The topological polar surface area (TPSA) is 61.5 Å². The second-order valence-electron chi connectivity index (χ2n) is 5.59. The highest BCUT2D eigenvalue weighted by Gasteiger charge is 2.12. The van der Waals surface area contributed by atoms with Crippen LogP contribution >= 0.6 is 15.9 Å². The van der Waals surface area contributed by atoms with E-state index < -0.39 is 11.7 Å². The molecule has 0 saturated heterocycles. The van der Waals surface area contributed by atoms with E-state index in [9.17, 15) is 4.79 Å². The summed E-state index contributed by atoms with van der Waals surface area (Å²) in [6.45, 7) is 8.18. The van der Waals surface area contributed by atoms with Crippen LogP contribution in [-0.2, 0) is 4.74 Å². The van der Waals surface area contributed by atoms with E-state index in [1.165, 1.54) is 12.0 Å². The van der Waals surface area contributed by atoms with Crippen molar-refractivity contribution in [3.63, 3.8) is 0 Å². The molecule has 0 unspecified atom stereocenters. The Kier molecular flexibility index (Phi) is 9.88. The summed E-state index contributed by atoms with van der Waals surface area (Å²) >= 11 is 3.39. The molecule has 5 heteroatoms. The molecule has 1 rings (SSSR count). The van der Waals surface area contributed by atoms with Crippen molar-refractivity contribution in [2.24, 2.45) is 5.73 Å². The Labute approximate surface area is 136 Å². The minimum Gasteiger partial charge on any atom is -0.494 e. The van der Waals surface area contributed by atoms with Crippen molar-refractivity contribution in [1.29, 1.82) is 0 Å². The Balaban J connectivity index is 0.000000433. The second-order valence-corrected chi connectivity index (χ2v) is 6.38. The predicted octanol–water partition coefficient (Wildman–Crippen LogP) is 4.43. The minimum atomic E-state index is -0.725. The molecule has 2 N–H and O–H groups in total. The van der Waals surface area contributed by atoms with Gasteiger partial charge in [-0.1, -0.05) is 33.6 Å². The van der Waals surface area contributed by atoms with Gasteiger partial charge in [-0.25, -0.2) is 4.79 Å². The van der Waals surface area contributed by atoms with Crippen LogP contribution in [0.2, 0.25) is 0 Å². The number of hydrogen-bond acceptors (Lipinski definition) is 3. The van der Waals surface area contributed by atoms with Gasteiger partial charge in [0.15, 0.2) is 0 Å². The van der Waals surface area contributed by atoms with Crippen LogP contribution in [-0.4, -0.2) is 23.6 Å². The van der Waals surface area contributed by atoms with Crippen LogP contribution < -0.4 is 10.5 Å². The average Bonchev–Trinajstić information content (AvgIpc) is 2.34. The average molecular weight is 360 g/mol. The second kappa shape index (κ2) is 10.5. The van der Waals surface area contributed by atoms with Crippen molar-refractivity contribution in [1.82, 2.24) is 0 Å². The van der Waals surface area contributed by atoms with Gasteiger partial charge in [0.1, 0.15) is 11.4 Å². The zero-order chi connectivity index (χ0) is 16.3. The number of primary amides is 1. The van der Waals surface area contributed by atoms with Crippen molar-refractivity contribution in [3.05, 3.63) is 29.8 Å². The molecule has 0 fully saturated rings. The number of carbonyl (C=O) groups is 1. The lowest BCUT2D eigenvalue weighted by atomic mass is 10.2. The van der Waals surface area contributed by atoms with Crippen LogP contribution in [0.3, 0.4) is 0 Å². The molecule has 1 amide bonds. The molecule has 0 aliphatic heterocycles. The number of rotatable bonds is 5. The Morgan fingerprint density at radius 2 is 1.76 bits per heavy atom. The lowest BCUT2D eigenvalue weighted by Gasteiger charge is -2.16. The zero-order valence-electron chi connectivity index (χ0n) is 13.3. The zero-order valence-corrected chi connectivity index (χ0v) is 14.9. The maximum Gasteiger partial charge on any atom is 0.405 e. The predicted molar refractivity (Wildman–Crippen MR) is 90.1 cm³/mol. The largest absolute Gasteiger partial charge is 0.494 e. The number of carbonyl (C=O) groups excluding carboxylic acids is 1. The Morgan fingerprint density at radius 3 is 2.14 bits per heavy atom. The first-order chi connectivity index (χ1) is 9.74. The fourth-order valence-corrected chi connectivity index (χ4v) is 1.72. The first-order valence-electron chi connectivity index (χ1n) is 6.98. The van der Waals surface area contributed by atoms with Crippen LogP contribution in [0.1, 0.15) is 39.2 Å². The highest BCUT2D eigenvalue weighted by atomic mass is 79.9. The van der Waals surface area contributed by atoms with Crippen molar-refractivity contribution < 1.29 is 14.3 Å². The standard InChI is InChI=1S/C11H15BrO.C5H11NO2/c1-10-4-6-11(7-5-10)13-9-3-2-8-12;1-5(2,3)8-4(6)7/h4-7H,2-3,8-9H2,1H3;1-3H3,(H2,6,7). The van der Waals surface area contributed by atoms with Crippen LogP contribution in [0.5, 0.6) is 5.75 Å². The van der Waals surface area contributed by atoms with Gasteiger partial charge in [0.05, 0.1) is 6.61 Å². The molecule has 120 valence electrons. The number of unbranched alkanes of at least 4 members (excludes halogenated alkanes) is 1. The molecule has 0 spiro atoms. The number of nitrogens with two attached hydrogens (primary N) is 1. The lowest BCUT2D eigenvalue weighted by Crippen LogP contribution is -2.27. The van der Waals surface area contributed by atoms with Gasteiger partial charge < -0.3 is 15.2 Å². The van der Waals surface area contributed by atoms with Crippen LogP contribution in [0.15, 0.2) is 24.3 Å². The van der Waals surface area contributed by atoms with Crippen LogP contribution in [0.25, 0.3) is 0 Å². The summed E-state index contributed by atoms with van der Waals surface area (Å²) in [5.41, 5.74) is 5.54. The summed E-state index contributed by atoms with van der Waals surface area (Å²) in [7, 11) is 0. The summed E-state index contributed by atoms with van der Waals surface area (Å²) in [5, 5.41) is 1.06. The van der Waals surface area contributed by atoms with Crippen molar-refractivity contribution in [2.75, 3.05) is 11.9 Å². The third-order valence-electron chi connectivity index (χ3n) is 2.22. The van der Waals surface area contributed by atoms with E-state index in [1.54, 1.807) is 20.8 Å². The molecule has 21 heavy (non-hydrogen) atoms. The van der Waals surface area contributed by atoms with Crippen LogP contribution in [0.4, 0.5) is 4.79 Å². The van der Waals surface area contributed by atoms with Gasteiger partial charge in [0.25, 0.3) is 0 Å². The minimum absolute atomic E-state index is 0.453. The van der Waals surface area contributed by atoms with E-state index in [0.717, 1.165) is 24.1 Å². The summed E-state index contributed by atoms with van der Waals surface area (Å²) in [4.78, 5) is 10.0. The molecule has 0 bridgehead atoms. The maximum atomic E-state index is 10.0. The summed E-state index contributed by atoms with van der Waals surface area (Å²) in [5.74, 6) is 0.972. The number of amides is 1. The van der Waals surface area contributed by atoms with Crippen molar-refractivity contribution in [2.45, 2.75) is 46.1 Å². The Bertz CT molecular complexity index is 399. The van der Waals surface area contributed by atoms with Crippen molar-refractivity contribution in [3.8, 4) is 5.75 Å². The number of alkyl halides is 1. The fourth-order valence-electron chi connectivity index (χ4n) is 1.32. The first-order valence-corrected chi connectivity index (χ1v) is 8.10. The molecule has 0 aliphatic carbocycles. The molecule has 1 aromatic rings. The van der Waals surface area contributed by atoms with Gasteiger partial charge >= 0.3 is 6.09 Å². The third kappa shape index (κ3) is 13.5. The van der Waals surface area contributed by atoms with E-state index in [2.05, 4.69) is 39.7 Å². The SMILES string of the molecule is CC(C)(C)OC(N)=O.Cc1ccc(OCCCCBr)cc1. The molecule has 0 atom stereocenters. The number of hydrogen-bond donors (Lipinski definition) is 1. The highest BCUT2D eigenvalue weighted by molar-refractivity contribution is 9.09. The van der Waals surface area contributed by atoms with Gasteiger partial charge in [-0.3, -0.25) is 0 Å². The molecule has 0 aliphatic rings. The molecular formula is C16H26BrNO3. The first kappa shape index (κ1) is 19.8. The molecule has 0 aromatic heterocycles. The van der Waals surface area contributed by atoms with Crippen molar-refractivity contribution >= 4 is 22.0 Å². The molecule has 0 saturated carbocycles. The van der Waals surface area contributed by atoms with Crippen LogP contribution in [0, 0.1) is 6.92 Å². The number of ether oxygens (including phenoxy) is 2. The van der Waals surface area contributed by atoms with E-state index in [1.807, 2.05) is 12.1 Å². The monoisotopic (exact) mass is 359 g/mol. The van der Waals surface area contributed by atoms with E-state index >= 15 is 0 Å². The highest BCUT2D eigenvalue weighted by Crippen LogP contribution is 2.11. The summed E-state index contributed by atoms with van der Waals surface area (Å²) in [6.07, 6.45) is 1.56. The molecule has 1 aromatic carbocycles. The molecule has 0 heterocycles. The van der Waals surface area contributed by atoms with E-state index in [-0.39, 0.29) is 0 Å². The fraction of sp³-hybridized carbons (Fsp3) is 0.562. The van der Waals surface area contributed by atoms with Gasteiger partial charge in [-0.05, 0) is 52.7 Å². The smallest absolute Gasteiger partial charge is 0.405 e. The number of aryl methyl sites for hydroxylation is 1. The molecular weight excluding hydrogens is 334 g/mol. The van der Waals surface area contributed by atoms with Gasteiger partial charge in [0, 0.05) is 5.33 Å². The number of benzene rings is 1. The van der Waals surface area contributed by atoms with E-state index in [0.29, 0.717) is 0 Å². The van der Waals surface area contributed by atoms with Gasteiger partial charge in [-0.2, -0.15) is 0 Å². The van der Waals surface area contributed by atoms with E-state index in [4.69, 9.17) is 10.5 Å². The number of halogens is 1. The third-order valence-corrected chi connectivity index (χ3v) is 2.79. The molecule has 4 nitrogen and oxygen atoms in total. The Morgan fingerprint density at radius 1 is 1.19 bits per heavy atom. The quantitative estimate of drug-likeness (QED) is 0.624. The summed E-state index contributed by atoms with van der Waals surface area (Å²) in [6, 6.07) is 8.17. The lowest BCUT2D eigenvalue weighted by molar-refractivity contribution is 0.0600. The van der Waals surface area contributed by atoms with Gasteiger partial charge in [-0.15, -0.1) is 0 Å². The maximum absolute atomic E-state index is 10.0.